The van der Waals surface area contributed by atoms with Crippen LogP contribution < -0.4 is 5.32 Å². The standard InChI is InChI=1S/C15H24N2O3S2/c1-3-22(19,20)14-6-8-17(9-7-14)15(18)16-12(2)11-13-5-4-10-21-13/h4-5,10,12,14H,3,6-9,11H2,1-2H3,(H,16,18). The van der Waals surface area contributed by atoms with Gasteiger partial charge in [0.05, 0.1) is 5.25 Å². The van der Waals surface area contributed by atoms with Gasteiger partial charge in [-0.05, 0) is 31.2 Å². The Hall–Kier alpha value is -1.08. The van der Waals surface area contributed by atoms with Crippen molar-refractivity contribution >= 4 is 27.2 Å². The molecular weight excluding hydrogens is 320 g/mol. The third kappa shape index (κ3) is 4.46. The van der Waals surface area contributed by atoms with Gasteiger partial charge in [-0.15, -0.1) is 11.3 Å². The van der Waals surface area contributed by atoms with E-state index in [4.69, 9.17) is 0 Å². The highest BCUT2D eigenvalue weighted by atomic mass is 32.2. The van der Waals surface area contributed by atoms with Crippen molar-refractivity contribution in [3.05, 3.63) is 22.4 Å². The molecule has 0 aromatic carbocycles. The maximum absolute atomic E-state index is 12.2. The Kier molecular flexibility index (Phi) is 5.86. The van der Waals surface area contributed by atoms with Crippen molar-refractivity contribution < 1.29 is 13.2 Å². The molecular formula is C15H24N2O3S2. The molecule has 1 aromatic heterocycles. The molecule has 124 valence electrons. The Labute approximate surface area is 136 Å². The van der Waals surface area contributed by atoms with Crippen LogP contribution in [-0.2, 0) is 16.3 Å². The number of carbonyl (C=O) groups excluding carboxylic acids is 1. The Morgan fingerprint density at radius 1 is 1.45 bits per heavy atom. The lowest BCUT2D eigenvalue weighted by Gasteiger charge is -2.32. The van der Waals surface area contributed by atoms with Crippen LogP contribution in [0, 0.1) is 0 Å². The first-order valence-corrected chi connectivity index (χ1v) is 10.3. The van der Waals surface area contributed by atoms with Gasteiger partial charge in [-0.1, -0.05) is 13.0 Å². The molecule has 1 fully saturated rings. The fourth-order valence-corrected chi connectivity index (χ4v) is 4.97. The zero-order valence-electron chi connectivity index (χ0n) is 13.1. The molecule has 0 bridgehead atoms. The van der Waals surface area contributed by atoms with Crippen LogP contribution in [0.1, 0.15) is 31.6 Å². The lowest BCUT2D eigenvalue weighted by atomic mass is 10.1. The summed E-state index contributed by atoms with van der Waals surface area (Å²) in [6.45, 7) is 4.70. The first-order valence-electron chi connectivity index (χ1n) is 7.71. The van der Waals surface area contributed by atoms with Gasteiger partial charge in [0.1, 0.15) is 0 Å². The molecule has 2 rings (SSSR count). The minimum Gasteiger partial charge on any atom is -0.335 e. The number of likely N-dealkylation sites (tertiary alicyclic amines) is 1. The molecule has 0 spiro atoms. The van der Waals surface area contributed by atoms with E-state index in [1.807, 2.05) is 18.4 Å². The summed E-state index contributed by atoms with van der Waals surface area (Å²) in [5.41, 5.74) is 0. The maximum atomic E-state index is 12.2. The number of nitrogens with one attached hydrogen (secondary N) is 1. The van der Waals surface area contributed by atoms with E-state index in [0.717, 1.165) is 6.42 Å². The van der Waals surface area contributed by atoms with Crippen LogP contribution in [0.2, 0.25) is 0 Å². The highest BCUT2D eigenvalue weighted by Crippen LogP contribution is 2.19. The minimum atomic E-state index is -2.98. The largest absolute Gasteiger partial charge is 0.335 e. The first-order chi connectivity index (χ1) is 10.4. The summed E-state index contributed by atoms with van der Waals surface area (Å²) < 4.78 is 23.7. The summed E-state index contributed by atoms with van der Waals surface area (Å²) in [6.07, 6.45) is 1.91. The van der Waals surface area contributed by atoms with Crippen LogP contribution in [0.3, 0.4) is 0 Å². The third-order valence-corrected chi connectivity index (χ3v) is 7.29. The van der Waals surface area contributed by atoms with Gasteiger partial charge in [0, 0.05) is 36.2 Å². The number of sulfone groups is 1. The van der Waals surface area contributed by atoms with Crippen molar-refractivity contribution in [2.75, 3.05) is 18.8 Å². The van der Waals surface area contributed by atoms with Gasteiger partial charge in [0.25, 0.3) is 0 Å². The van der Waals surface area contributed by atoms with Crippen molar-refractivity contribution in [2.45, 2.75) is 44.4 Å². The van der Waals surface area contributed by atoms with Crippen LogP contribution in [0.25, 0.3) is 0 Å². The number of carbonyl (C=O) groups is 1. The average Bonchev–Trinajstić information content (AvgIpc) is 3.00. The third-order valence-electron chi connectivity index (χ3n) is 4.10. The highest BCUT2D eigenvalue weighted by Gasteiger charge is 2.30. The Balaban J connectivity index is 1.80. The van der Waals surface area contributed by atoms with Gasteiger partial charge < -0.3 is 10.2 Å². The maximum Gasteiger partial charge on any atom is 0.317 e. The molecule has 0 radical (unpaired) electrons. The molecule has 1 aromatic rings. The zero-order chi connectivity index (χ0) is 16.2. The molecule has 1 unspecified atom stereocenters. The van der Waals surface area contributed by atoms with E-state index < -0.39 is 9.84 Å². The van der Waals surface area contributed by atoms with Crippen LogP contribution in [-0.4, -0.2) is 49.5 Å². The van der Waals surface area contributed by atoms with Crippen LogP contribution >= 0.6 is 11.3 Å². The Morgan fingerprint density at radius 3 is 2.68 bits per heavy atom. The van der Waals surface area contributed by atoms with E-state index in [1.54, 1.807) is 23.2 Å². The van der Waals surface area contributed by atoms with Gasteiger partial charge in [-0.2, -0.15) is 0 Å². The monoisotopic (exact) mass is 344 g/mol. The van der Waals surface area contributed by atoms with Crippen molar-refractivity contribution in [3.63, 3.8) is 0 Å². The Morgan fingerprint density at radius 2 is 2.14 bits per heavy atom. The van der Waals surface area contributed by atoms with E-state index >= 15 is 0 Å². The summed E-state index contributed by atoms with van der Waals surface area (Å²) in [5, 5.41) is 4.74. The molecule has 1 aliphatic heterocycles. The number of hydrogen-bond acceptors (Lipinski definition) is 4. The predicted octanol–water partition coefficient (Wildman–Crippen LogP) is 2.29. The molecule has 0 aliphatic carbocycles. The molecule has 1 aliphatic rings. The fourth-order valence-electron chi connectivity index (χ4n) is 2.74. The normalized spacial score (nSPS) is 18.2. The molecule has 2 amide bonds. The van der Waals surface area contributed by atoms with Gasteiger partial charge >= 0.3 is 6.03 Å². The number of thiophene rings is 1. The van der Waals surface area contributed by atoms with Gasteiger partial charge in [0.15, 0.2) is 9.84 Å². The second kappa shape index (κ2) is 7.46. The summed E-state index contributed by atoms with van der Waals surface area (Å²) in [5.74, 6) is 0.182. The lowest BCUT2D eigenvalue weighted by molar-refractivity contribution is 0.183. The van der Waals surface area contributed by atoms with E-state index in [-0.39, 0.29) is 23.1 Å². The second-order valence-corrected chi connectivity index (χ2v) is 9.37. The summed E-state index contributed by atoms with van der Waals surface area (Å²) in [6, 6.07) is 4.06. The zero-order valence-corrected chi connectivity index (χ0v) is 14.8. The number of hydrogen-bond donors (Lipinski definition) is 1. The molecule has 5 nitrogen and oxygen atoms in total. The summed E-state index contributed by atoms with van der Waals surface area (Å²) >= 11 is 1.69. The smallest absolute Gasteiger partial charge is 0.317 e. The molecule has 0 saturated carbocycles. The van der Waals surface area contributed by atoms with E-state index in [2.05, 4.69) is 11.4 Å². The first kappa shape index (κ1) is 17.3. The second-order valence-electron chi connectivity index (χ2n) is 5.77. The lowest BCUT2D eigenvalue weighted by Crippen LogP contribution is -2.49. The molecule has 7 heteroatoms. The van der Waals surface area contributed by atoms with Crippen LogP contribution in [0.4, 0.5) is 4.79 Å². The quantitative estimate of drug-likeness (QED) is 0.891. The Bertz CT molecular complexity index is 576. The fraction of sp³-hybridized carbons (Fsp3) is 0.667. The van der Waals surface area contributed by atoms with Gasteiger partial charge in [-0.25, -0.2) is 13.2 Å². The summed E-state index contributed by atoms with van der Waals surface area (Å²) in [4.78, 5) is 15.2. The molecule has 1 N–H and O–H groups in total. The topological polar surface area (TPSA) is 66.5 Å². The molecule has 2 heterocycles. The number of amides is 2. The number of piperidine rings is 1. The predicted molar refractivity (Wildman–Crippen MR) is 90.1 cm³/mol. The number of urea groups is 1. The number of rotatable bonds is 5. The SMILES string of the molecule is CCS(=O)(=O)C1CCN(C(=O)NC(C)Cc2cccs2)CC1. The summed E-state index contributed by atoms with van der Waals surface area (Å²) in [7, 11) is -2.98. The van der Waals surface area contributed by atoms with E-state index in [1.165, 1.54) is 4.88 Å². The highest BCUT2D eigenvalue weighted by molar-refractivity contribution is 7.92. The number of nitrogens with zero attached hydrogens (tertiary/aromatic N) is 1. The van der Waals surface area contributed by atoms with Crippen LogP contribution in [0.5, 0.6) is 0 Å². The van der Waals surface area contributed by atoms with E-state index in [9.17, 15) is 13.2 Å². The average molecular weight is 345 g/mol. The van der Waals surface area contributed by atoms with Gasteiger partial charge in [-0.3, -0.25) is 0 Å². The minimum absolute atomic E-state index is 0.0725. The molecule has 1 atom stereocenters. The van der Waals surface area contributed by atoms with Crippen LogP contribution in [0.15, 0.2) is 17.5 Å². The van der Waals surface area contributed by atoms with Gasteiger partial charge in [0.2, 0.25) is 0 Å². The molecule has 1 saturated heterocycles. The molecule has 22 heavy (non-hydrogen) atoms. The van der Waals surface area contributed by atoms with Crippen molar-refractivity contribution in [1.82, 2.24) is 10.2 Å². The van der Waals surface area contributed by atoms with Crippen molar-refractivity contribution in [2.24, 2.45) is 0 Å². The van der Waals surface area contributed by atoms with Crippen molar-refractivity contribution in [3.8, 4) is 0 Å². The van der Waals surface area contributed by atoms with E-state index in [0.29, 0.717) is 25.9 Å². The van der Waals surface area contributed by atoms with Crippen molar-refractivity contribution in [1.29, 1.82) is 0 Å².